The van der Waals surface area contributed by atoms with Crippen LogP contribution in [-0.4, -0.2) is 48.8 Å². The molecule has 12 heteroatoms. The fourth-order valence-corrected chi connectivity index (χ4v) is 6.38. The molecule has 2 unspecified atom stereocenters. The molecule has 0 aliphatic heterocycles. The highest BCUT2D eigenvalue weighted by Crippen LogP contribution is 2.33. The molecule has 2 heterocycles. The molecule has 0 spiro atoms. The van der Waals surface area contributed by atoms with Crippen molar-refractivity contribution in [2.75, 3.05) is 6.54 Å². The van der Waals surface area contributed by atoms with Crippen molar-refractivity contribution >= 4 is 34.1 Å². The Hall–Kier alpha value is -5.66. The summed E-state index contributed by atoms with van der Waals surface area (Å²) in [6, 6.07) is 27.9. The number of amides is 1. The Morgan fingerprint density at radius 2 is 1.59 bits per heavy atom. The zero-order valence-corrected chi connectivity index (χ0v) is 26.8. The molecule has 0 saturated heterocycles. The maximum Gasteiger partial charge on any atom is 0.345 e. The maximum atomic E-state index is 12.8. The summed E-state index contributed by atoms with van der Waals surface area (Å²) >= 11 is 1.39. The molecule has 7 N–H and O–H groups in total. The molecule has 0 fully saturated rings. The van der Waals surface area contributed by atoms with Gasteiger partial charge in [0.1, 0.15) is 10.8 Å². The van der Waals surface area contributed by atoms with Gasteiger partial charge in [0.15, 0.2) is 0 Å². The van der Waals surface area contributed by atoms with E-state index in [1.165, 1.54) is 23.5 Å². The topological polar surface area (TPSA) is 185 Å². The third-order valence-corrected chi connectivity index (χ3v) is 9.22. The molecular weight excluding hydrogens is 644 g/mol. The van der Waals surface area contributed by atoms with Gasteiger partial charge in [-0.25, -0.2) is 9.78 Å². The maximum absolute atomic E-state index is 12.8. The number of aromatic nitrogens is 2. The fourth-order valence-electron chi connectivity index (χ4n) is 5.53. The van der Waals surface area contributed by atoms with Gasteiger partial charge >= 0.3 is 5.97 Å². The van der Waals surface area contributed by atoms with Crippen LogP contribution in [0, 0.1) is 0 Å². The number of nitrogens with zero attached hydrogens (tertiary/aromatic N) is 1. The van der Waals surface area contributed by atoms with Crippen molar-refractivity contribution in [2.24, 2.45) is 0 Å². The lowest BCUT2D eigenvalue weighted by Crippen LogP contribution is -2.36. The Balaban J connectivity index is 1.01. The zero-order chi connectivity index (χ0) is 34.5. The summed E-state index contributed by atoms with van der Waals surface area (Å²) in [5.74, 6) is -1.69. The van der Waals surface area contributed by atoms with Crippen molar-refractivity contribution in [1.29, 1.82) is 0 Å². The molecule has 6 aromatic rings. The van der Waals surface area contributed by atoms with Crippen LogP contribution in [0.4, 0.5) is 0 Å². The molecule has 248 valence electrons. The van der Waals surface area contributed by atoms with Crippen LogP contribution in [0.5, 0.6) is 5.75 Å². The summed E-state index contributed by atoms with van der Waals surface area (Å²) in [7, 11) is 0. The number of phenolic OH excluding ortho intramolecular Hbond substituents is 1. The number of thiazole rings is 1. The summed E-state index contributed by atoms with van der Waals surface area (Å²) in [5, 5.41) is 49.1. The van der Waals surface area contributed by atoms with Crippen LogP contribution in [0.15, 0.2) is 114 Å². The number of hydrogen-bond acceptors (Lipinski definition) is 9. The summed E-state index contributed by atoms with van der Waals surface area (Å²) in [6.07, 6.45) is 0.789. The van der Waals surface area contributed by atoms with Crippen molar-refractivity contribution in [3.05, 3.63) is 152 Å². The molecule has 0 aliphatic carbocycles. The van der Waals surface area contributed by atoms with Crippen molar-refractivity contribution in [2.45, 2.75) is 24.8 Å². The SMILES string of the molecule is O=C(NCc1cnc(-c2ccc(C(O)(C(=O)O)c3ccccc3)cc2)s1)c1ccc(CNCC(O)c2ccc(O)c3[nH]c(=O)ccc23)cc1. The van der Waals surface area contributed by atoms with Gasteiger partial charge in [-0.3, -0.25) is 9.59 Å². The highest BCUT2D eigenvalue weighted by Gasteiger charge is 2.40. The standard InChI is InChI=1S/C37H32N4O7S/c42-30-16-14-28(29-15-17-32(44)41-33(29)30)31(43)21-38-18-22-6-8-23(9-7-22)34(45)39-19-27-20-40-35(49-27)24-10-12-26(13-11-24)37(48,36(46)47)25-4-2-1-3-5-25/h1-17,20,31,38,42-43,48H,18-19,21H2,(H,39,45)(H,41,44)(H,46,47). The van der Waals surface area contributed by atoms with E-state index in [9.17, 15) is 34.8 Å². The number of nitrogens with one attached hydrogen (secondary N) is 3. The number of aliphatic carboxylic acids is 1. The van der Waals surface area contributed by atoms with Crippen LogP contribution in [0.2, 0.25) is 0 Å². The minimum Gasteiger partial charge on any atom is -0.506 e. The number of aliphatic hydroxyl groups excluding tert-OH is 1. The Morgan fingerprint density at radius 1 is 0.878 bits per heavy atom. The number of carboxylic acids is 1. The summed E-state index contributed by atoms with van der Waals surface area (Å²) in [5.41, 5.74) is 0.929. The molecule has 2 atom stereocenters. The van der Waals surface area contributed by atoms with E-state index >= 15 is 0 Å². The summed E-state index contributed by atoms with van der Waals surface area (Å²) < 4.78 is 0. The number of aromatic hydroxyl groups is 1. The molecule has 6 rings (SSSR count). The number of benzene rings is 4. The van der Waals surface area contributed by atoms with Gasteiger partial charge in [0.05, 0.1) is 18.2 Å². The average molecular weight is 677 g/mol. The Morgan fingerprint density at radius 3 is 2.31 bits per heavy atom. The summed E-state index contributed by atoms with van der Waals surface area (Å²) in [6.45, 7) is 0.932. The molecule has 1 amide bonds. The zero-order valence-electron chi connectivity index (χ0n) is 26.0. The molecule has 0 aliphatic rings. The minimum atomic E-state index is -2.19. The second-order valence-corrected chi connectivity index (χ2v) is 12.5. The van der Waals surface area contributed by atoms with E-state index in [1.54, 1.807) is 85.1 Å². The van der Waals surface area contributed by atoms with Gasteiger partial charge < -0.3 is 36.0 Å². The number of fused-ring (bicyclic) bond motifs is 1. The molecule has 2 aromatic heterocycles. The number of aliphatic hydroxyl groups is 2. The number of carbonyl (C=O) groups excluding carboxylic acids is 1. The normalized spacial score (nSPS) is 13.1. The number of aromatic amines is 1. The Labute approximate surface area is 284 Å². The largest absolute Gasteiger partial charge is 0.506 e. The second kappa shape index (κ2) is 14.2. The number of carboxylic acid groups (broad SMARTS) is 1. The van der Waals surface area contributed by atoms with Gasteiger partial charge in [0, 0.05) is 46.7 Å². The van der Waals surface area contributed by atoms with Gasteiger partial charge in [-0.1, -0.05) is 72.8 Å². The monoisotopic (exact) mass is 676 g/mol. The molecule has 0 bridgehead atoms. The van der Waals surface area contributed by atoms with Crippen LogP contribution in [0.25, 0.3) is 21.5 Å². The van der Waals surface area contributed by atoms with Gasteiger partial charge in [0.25, 0.3) is 5.91 Å². The highest BCUT2D eigenvalue weighted by atomic mass is 32.1. The van der Waals surface area contributed by atoms with Crippen LogP contribution >= 0.6 is 11.3 Å². The predicted octanol–water partition coefficient (Wildman–Crippen LogP) is 4.43. The molecule has 49 heavy (non-hydrogen) atoms. The van der Waals surface area contributed by atoms with E-state index in [-0.39, 0.29) is 46.9 Å². The molecular formula is C37H32N4O7S. The fraction of sp³-hybridized carbons (Fsp3) is 0.135. The highest BCUT2D eigenvalue weighted by molar-refractivity contribution is 7.15. The quantitative estimate of drug-likeness (QED) is 0.0985. The van der Waals surface area contributed by atoms with Crippen molar-refractivity contribution in [1.82, 2.24) is 20.6 Å². The third-order valence-electron chi connectivity index (χ3n) is 8.18. The third kappa shape index (κ3) is 7.12. The molecule has 0 saturated carbocycles. The van der Waals surface area contributed by atoms with Crippen molar-refractivity contribution in [3.8, 4) is 16.3 Å². The van der Waals surface area contributed by atoms with Gasteiger partial charge in [-0.2, -0.15) is 0 Å². The van der Waals surface area contributed by atoms with E-state index in [1.807, 2.05) is 12.1 Å². The number of pyridine rings is 1. The van der Waals surface area contributed by atoms with Crippen LogP contribution in [0.1, 0.15) is 43.6 Å². The average Bonchev–Trinajstić information content (AvgIpc) is 3.60. The molecule has 11 nitrogen and oxygen atoms in total. The van der Waals surface area contributed by atoms with E-state index in [0.717, 1.165) is 16.0 Å². The first kappa shape index (κ1) is 33.2. The number of phenols is 1. The first-order chi connectivity index (χ1) is 23.6. The smallest absolute Gasteiger partial charge is 0.345 e. The lowest BCUT2D eigenvalue weighted by molar-refractivity contribution is -0.155. The summed E-state index contributed by atoms with van der Waals surface area (Å²) in [4.78, 5) is 44.4. The van der Waals surface area contributed by atoms with Crippen LogP contribution in [-0.2, 0) is 23.5 Å². The van der Waals surface area contributed by atoms with E-state index in [0.29, 0.717) is 28.1 Å². The number of rotatable bonds is 12. The number of hydrogen-bond donors (Lipinski definition) is 7. The molecule has 4 aromatic carbocycles. The lowest BCUT2D eigenvalue weighted by atomic mass is 9.86. The number of H-pyrrole nitrogens is 1. The van der Waals surface area contributed by atoms with Gasteiger partial charge in [-0.15, -0.1) is 11.3 Å². The van der Waals surface area contributed by atoms with E-state index in [4.69, 9.17) is 0 Å². The minimum absolute atomic E-state index is 0.0706. The van der Waals surface area contributed by atoms with Crippen molar-refractivity contribution in [3.63, 3.8) is 0 Å². The first-order valence-corrected chi connectivity index (χ1v) is 16.1. The Bertz CT molecular complexity index is 2170. The second-order valence-electron chi connectivity index (χ2n) is 11.4. The number of carbonyl (C=O) groups is 2. The first-order valence-electron chi connectivity index (χ1n) is 15.3. The van der Waals surface area contributed by atoms with Crippen LogP contribution in [0.3, 0.4) is 0 Å². The molecule has 0 radical (unpaired) electrons. The Kier molecular flexibility index (Phi) is 9.65. The van der Waals surface area contributed by atoms with Gasteiger partial charge in [-0.05, 0) is 46.5 Å². The lowest BCUT2D eigenvalue weighted by Gasteiger charge is -2.24. The van der Waals surface area contributed by atoms with E-state index in [2.05, 4.69) is 20.6 Å². The predicted molar refractivity (Wildman–Crippen MR) is 185 cm³/mol. The van der Waals surface area contributed by atoms with Crippen molar-refractivity contribution < 1.29 is 30.0 Å². The van der Waals surface area contributed by atoms with Crippen LogP contribution < -0.4 is 16.2 Å². The van der Waals surface area contributed by atoms with E-state index < -0.39 is 17.7 Å². The van der Waals surface area contributed by atoms with Gasteiger partial charge in [0.2, 0.25) is 11.2 Å².